The van der Waals surface area contributed by atoms with Crippen molar-refractivity contribution in [3.05, 3.63) is 59.9 Å². The molecule has 0 aliphatic rings. The highest BCUT2D eigenvalue weighted by atomic mass is 32.2. The number of amides is 1. The van der Waals surface area contributed by atoms with E-state index in [-0.39, 0.29) is 11.7 Å². The molecule has 0 spiro atoms. The summed E-state index contributed by atoms with van der Waals surface area (Å²) < 4.78 is 13.5. The first-order valence-electron chi connectivity index (χ1n) is 7.45. The van der Waals surface area contributed by atoms with Crippen molar-refractivity contribution < 1.29 is 9.18 Å². The Labute approximate surface area is 140 Å². The molecule has 0 aromatic heterocycles. The van der Waals surface area contributed by atoms with Crippen molar-refractivity contribution in [2.24, 2.45) is 0 Å². The molecule has 0 fully saturated rings. The molecule has 0 aliphatic heterocycles. The molecule has 2 aromatic rings. The maximum absolute atomic E-state index is 13.5. The molecule has 2 aromatic carbocycles. The van der Waals surface area contributed by atoms with E-state index in [1.807, 2.05) is 38.4 Å². The van der Waals surface area contributed by atoms with Crippen molar-refractivity contribution in [2.75, 3.05) is 25.2 Å². The molecule has 1 amide bonds. The van der Waals surface area contributed by atoms with Gasteiger partial charge in [0, 0.05) is 29.3 Å². The first-order chi connectivity index (χ1) is 11.0. The molecule has 2 rings (SSSR count). The second kappa shape index (κ2) is 8.70. The Morgan fingerprint density at radius 3 is 2.70 bits per heavy atom. The van der Waals surface area contributed by atoms with Crippen molar-refractivity contribution in [3.8, 4) is 0 Å². The van der Waals surface area contributed by atoms with E-state index < -0.39 is 0 Å². The molecular formula is C18H21FN2OS. The number of thioether (sulfide) groups is 1. The van der Waals surface area contributed by atoms with Crippen LogP contribution >= 0.6 is 11.8 Å². The highest BCUT2D eigenvalue weighted by Crippen LogP contribution is 2.22. The molecule has 0 saturated carbocycles. The van der Waals surface area contributed by atoms with Gasteiger partial charge >= 0.3 is 0 Å². The highest BCUT2D eigenvalue weighted by molar-refractivity contribution is 7.99. The van der Waals surface area contributed by atoms with Gasteiger partial charge in [-0.3, -0.25) is 4.79 Å². The topological polar surface area (TPSA) is 32.3 Å². The summed E-state index contributed by atoms with van der Waals surface area (Å²) in [7, 11) is 4.01. The summed E-state index contributed by atoms with van der Waals surface area (Å²) in [6.45, 7) is 0.826. The summed E-state index contributed by atoms with van der Waals surface area (Å²) in [5.74, 6) is 0.245. The summed E-state index contributed by atoms with van der Waals surface area (Å²) in [6.07, 6.45) is 0.344. The van der Waals surface area contributed by atoms with Gasteiger partial charge in [-0.15, -0.1) is 11.8 Å². The van der Waals surface area contributed by atoms with E-state index in [4.69, 9.17) is 0 Å². The van der Waals surface area contributed by atoms with Gasteiger partial charge in [0.2, 0.25) is 5.91 Å². The average molecular weight is 332 g/mol. The monoisotopic (exact) mass is 332 g/mol. The van der Waals surface area contributed by atoms with Gasteiger partial charge in [-0.1, -0.05) is 24.3 Å². The van der Waals surface area contributed by atoms with Crippen molar-refractivity contribution >= 4 is 23.4 Å². The van der Waals surface area contributed by atoms with Gasteiger partial charge in [0.05, 0.1) is 0 Å². The zero-order valence-corrected chi connectivity index (χ0v) is 14.2. The first-order valence-corrected chi connectivity index (χ1v) is 8.44. The van der Waals surface area contributed by atoms with Crippen LogP contribution in [-0.2, 0) is 11.3 Å². The lowest BCUT2D eigenvalue weighted by Gasteiger charge is -2.11. The number of nitrogens with one attached hydrogen (secondary N) is 1. The molecule has 0 aliphatic carbocycles. The Morgan fingerprint density at radius 2 is 1.96 bits per heavy atom. The predicted molar refractivity (Wildman–Crippen MR) is 94.2 cm³/mol. The number of carbonyl (C=O) groups is 1. The van der Waals surface area contributed by atoms with Crippen LogP contribution < -0.4 is 5.32 Å². The van der Waals surface area contributed by atoms with E-state index in [0.717, 1.165) is 17.8 Å². The second-order valence-electron chi connectivity index (χ2n) is 5.52. The summed E-state index contributed by atoms with van der Waals surface area (Å²) in [6, 6.07) is 14.4. The van der Waals surface area contributed by atoms with Gasteiger partial charge in [0.1, 0.15) is 5.82 Å². The maximum atomic E-state index is 13.5. The van der Waals surface area contributed by atoms with Crippen LogP contribution in [0.2, 0.25) is 0 Å². The van der Waals surface area contributed by atoms with Gasteiger partial charge < -0.3 is 10.2 Å². The Kier molecular flexibility index (Phi) is 6.62. The zero-order chi connectivity index (χ0) is 16.7. The largest absolute Gasteiger partial charge is 0.326 e. The molecule has 0 atom stereocenters. The molecule has 0 heterocycles. The quantitative estimate of drug-likeness (QED) is 0.778. The Bertz CT molecular complexity index is 661. The van der Waals surface area contributed by atoms with Crippen LogP contribution in [0.25, 0.3) is 0 Å². The smallest absolute Gasteiger partial charge is 0.225 e. The van der Waals surface area contributed by atoms with Crippen LogP contribution in [0.15, 0.2) is 53.4 Å². The van der Waals surface area contributed by atoms with Crippen LogP contribution in [0.1, 0.15) is 12.0 Å². The number of rotatable bonds is 7. The Morgan fingerprint density at radius 1 is 1.17 bits per heavy atom. The number of anilines is 1. The Hall–Kier alpha value is -1.85. The average Bonchev–Trinajstić information content (AvgIpc) is 2.49. The fourth-order valence-corrected chi connectivity index (χ4v) is 3.04. The molecule has 23 heavy (non-hydrogen) atoms. The lowest BCUT2D eigenvalue weighted by atomic mass is 10.2. The van der Waals surface area contributed by atoms with Crippen molar-refractivity contribution in [1.82, 2.24) is 4.90 Å². The van der Waals surface area contributed by atoms with Crippen LogP contribution in [0.3, 0.4) is 0 Å². The summed E-state index contributed by atoms with van der Waals surface area (Å²) in [4.78, 5) is 14.6. The lowest BCUT2D eigenvalue weighted by molar-refractivity contribution is -0.115. The zero-order valence-electron chi connectivity index (χ0n) is 13.4. The van der Waals surface area contributed by atoms with Crippen molar-refractivity contribution in [1.29, 1.82) is 0 Å². The van der Waals surface area contributed by atoms with Gasteiger partial charge in [0.25, 0.3) is 0 Å². The Balaban J connectivity index is 1.82. The summed E-state index contributed by atoms with van der Waals surface area (Å²) in [5, 5.41) is 2.89. The van der Waals surface area contributed by atoms with Gasteiger partial charge in [-0.05, 0) is 43.9 Å². The molecule has 0 radical (unpaired) electrons. The van der Waals surface area contributed by atoms with E-state index in [2.05, 4.69) is 10.2 Å². The van der Waals surface area contributed by atoms with E-state index >= 15 is 0 Å². The van der Waals surface area contributed by atoms with Gasteiger partial charge in [-0.25, -0.2) is 4.39 Å². The molecule has 0 bridgehead atoms. The fraction of sp³-hybridized carbons (Fsp3) is 0.278. The number of carbonyl (C=O) groups excluding carboxylic acids is 1. The standard InChI is InChI=1S/C18H21FN2OS/c1-21(2)13-14-6-5-7-15(12-14)20-18(22)10-11-23-17-9-4-3-8-16(17)19/h3-9,12H,10-11,13H2,1-2H3,(H,20,22). The second-order valence-corrected chi connectivity index (χ2v) is 6.65. The number of hydrogen-bond acceptors (Lipinski definition) is 3. The van der Waals surface area contributed by atoms with Gasteiger partial charge in [0.15, 0.2) is 0 Å². The SMILES string of the molecule is CN(C)Cc1cccc(NC(=O)CCSc2ccccc2F)c1. The molecule has 1 N–H and O–H groups in total. The lowest BCUT2D eigenvalue weighted by Crippen LogP contribution is -2.13. The normalized spacial score (nSPS) is 10.8. The van der Waals surface area contributed by atoms with Crippen LogP contribution in [0.4, 0.5) is 10.1 Å². The predicted octanol–water partition coefficient (Wildman–Crippen LogP) is 4.01. The van der Waals surface area contributed by atoms with Crippen molar-refractivity contribution in [2.45, 2.75) is 17.9 Å². The minimum absolute atomic E-state index is 0.0594. The van der Waals surface area contributed by atoms with E-state index in [9.17, 15) is 9.18 Å². The van der Waals surface area contributed by atoms with Gasteiger partial charge in [-0.2, -0.15) is 0 Å². The van der Waals surface area contributed by atoms with Crippen molar-refractivity contribution in [3.63, 3.8) is 0 Å². The highest BCUT2D eigenvalue weighted by Gasteiger charge is 2.06. The molecule has 0 unspecified atom stereocenters. The third-order valence-corrected chi connectivity index (χ3v) is 4.18. The van der Waals surface area contributed by atoms with Crippen LogP contribution in [0.5, 0.6) is 0 Å². The number of nitrogens with zero attached hydrogens (tertiary/aromatic N) is 1. The number of benzene rings is 2. The molecule has 0 saturated heterocycles. The number of halogens is 1. The van der Waals surface area contributed by atoms with E-state index in [0.29, 0.717) is 17.1 Å². The van der Waals surface area contributed by atoms with Crippen LogP contribution in [0, 0.1) is 5.82 Å². The third-order valence-electron chi connectivity index (χ3n) is 3.13. The van der Waals surface area contributed by atoms with E-state index in [1.165, 1.54) is 17.8 Å². The minimum Gasteiger partial charge on any atom is -0.326 e. The maximum Gasteiger partial charge on any atom is 0.225 e. The fourth-order valence-electron chi connectivity index (χ4n) is 2.15. The number of hydrogen-bond donors (Lipinski definition) is 1. The summed E-state index contributed by atoms with van der Waals surface area (Å²) in [5.41, 5.74) is 1.94. The molecular weight excluding hydrogens is 311 g/mol. The van der Waals surface area contributed by atoms with Crippen LogP contribution in [-0.4, -0.2) is 30.7 Å². The summed E-state index contributed by atoms with van der Waals surface area (Å²) >= 11 is 1.36. The molecule has 122 valence electrons. The third kappa shape index (κ3) is 6.04. The molecule has 5 heteroatoms. The van der Waals surface area contributed by atoms with E-state index in [1.54, 1.807) is 18.2 Å². The first kappa shape index (κ1) is 17.5. The minimum atomic E-state index is -0.241. The molecule has 3 nitrogen and oxygen atoms in total.